The molecule has 0 saturated heterocycles. The van der Waals surface area contributed by atoms with Crippen LogP contribution in [0.5, 0.6) is 0 Å². The molecule has 8 heteroatoms. The van der Waals surface area contributed by atoms with Crippen molar-refractivity contribution in [2.24, 2.45) is 0 Å². The molecule has 0 saturated carbocycles. The lowest BCUT2D eigenvalue weighted by Crippen LogP contribution is -2.23. The van der Waals surface area contributed by atoms with Gasteiger partial charge in [0.25, 0.3) is 11.8 Å². The topological polar surface area (TPSA) is 84.0 Å². The molecule has 1 aromatic carbocycles. The smallest absolute Gasteiger partial charge is 0.261 e. The second kappa shape index (κ2) is 9.43. The summed E-state index contributed by atoms with van der Waals surface area (Å²) in [5.41, 5.74) is 3.37. The van der Waals surface area contributed by atoms with E-state index in [0.29, 0.717) is 23.5 Å². The van der Waals surface area contributed by atoms with Crippen molar-refractivity contribution in [1.82, 2.24) is 20.6 Å². The maximum atomic E-state index is 12.4. The highest BCUT2D eigenvalue weighted by molar-refractivity contribution is 7.12. The normalized spacial score (nSPS) is 10.5. The monoisotopic (exact) mass is 434 g/mol. The molecule has 30 heavy (non-hydrogen) atoms. The van der Waals surface area contributed by atoms with E-state index in [-0.39, 0.29) is 11.8 Å². The highest BCUT2D eigenvalue weighted by Gasteiger charge is 2.09. The number of amides is 2. The number of thiazole rings is 1. The molecule has 0 aliphatic heterocycles. The van der Waals surface area contributed by atoms with Crippen LogP contribution >= 0.6 is 22.7 Å². The van der Waals surface area contributed by atoms with Gasteiger partial charge in [-0.2, -0.15) is 0 Å². The molecule has 0 aliphatic rings. The number of benzene rings is 1. The van der Waals surface area contributed by atoms with Gasteiger partial charge in [-0.3, -0.25) is 14.6 Å². The first-order valence-electron chi connectivity index (χ1n) is 9.23. The van der Waals surface area contributed by atoms with Gasteiger partial charge in [-0.1, -0.05) is 18.2 Å². The largest absolute Gasteiger partial charge is 0.347 e. The highest BCUT2D eigenvalue weighted by Crippen LogP contribution is 2.21. The zero-order valence-corrected chi connectivity index (χ0v) is 17.5. The van der Waals surface area contributed by atoms with Gasteiger partial charge in [0, 0.05) is 35.4 Å². The number of carbonyl (C=O) groups is 2. The Kier molecular flexibility index (Phi) is 6.26. The van der Waals surface area contributed by atoms with Crippen molar-refractivity contribution in [2.45, 2.75) is 13.1 Å². The van der Waals surface area contributed by atoms with Crippen molar-refractivity contribution in [2.75, 3.05) is 0 Å². The zero-order chi connectivity index (χ0) is 20.8. The molecule has 4 rings (SSSR count). The fourth-order valence-electron chi connectivity index (χ4n) is 2.76. The minimum Gasteiger partial charge on any atom is -0.347 e. The number of carbonyl (C=O) groups excluding carboxylic acids is 2. The van der Waals surface area contributed by atoms with Crippen molar-refractivity contribution in [1.29, 1.82) is 0 Å². The molecule has 150 valence electrons. The maximum Gasteiger partial charge on any atom is 0.261 e. The lowest BCUT2D eigenvalue weighted by molar-refractivity contribution is 0.0943. The van der Waals surface area contributed by atoms with Gasteiger partial charge in [-0.15, -0.1) is 22.7 Å². The Morgan fingerprint density at radius 3 is 2.37 bits per heavy atom. The van der Waals surface area contributed by atoms with E-state index in [1.807, 2.05) is 41.1 Å². The van der Waals surface area contributed by atoms with Crippen LogP contribution in [-0.4, -0.2) is 21.8 Å². The van der Waals surface area contributed by atoms with Gasteiger partial charge < -0.3 is 10.6 Å². The quantitative estimate of drug-likeness (QED) is 0.458. The van der Waals surface area contributed by atoms with Crippen LogP contribution in [-0.2, 0) is 13.1 Å². The summed E-state index contributed by atoms with van der Waals surface area (Å²) >= 11 is 2.91. The highest BCUT2D eigenvalue weighted by atomic mass is 32.1. The van der Waals surface area contributed by atoms with Gasteiger partial charge >= 0.3 is 0 Å². The Labute approximate surface area is 181 Å². The minimum absolute atomic E-state index is 0.0959. The van der Waals surface area contributed by atoms with Crippen LogP contribution in [0.2, 0.25) is 0 Å². The molecule has 0 radical (unpaired) electrons. The number of thiophene rings is 1. The van der Waals surface area contributed by atoms with Crippen molar-refractivity contribution in [3.8, 4) is 11.3 Å². The average Bonchev–Trinajstić information content (AvgIpc) is 3.49. The summed E-state index contributed by atoms with van der Waals surface area (Å²) in [6, 6.07) is 14.6. The molecule has 2 amide bonds. The molecular formula is C22H18N4O2S2. The Morgan fingerprint density at radius 2 is 1.63 bits per heavy atom. The first-order chi connectivity index (χ1) is 14.7. The van der Waals surface area contributed by atoms with Crippen molar-refractivity contribution < 1.29 is 9.59 Å². The number of nitrogens with zero attached hydrogens (tertiary/aromatic N) is 2. The summed E-state index contributed by atoms with van der Waals surface area (Å²) < 4.78 is 0. The summed E-state index contributed by atoms with van der Waals surface area (Å²) in [5, 5.41) is 10.4. The number of nitrogens with one attached hydrogen (secondary N) is 2. The van der Waals surface area contributed by atoms with Crippen LogP contribution in [0, 0.1) is 0 Å². The van der Waals surface area contributed by atoms with Crippen LogP contribution in [0.1, 0.15) is 30.6 Å². The molecule has 6 nitrogen and oxygen atoms in total. The molecule has 0 spiro atoms. The third-order valence-corrected chi connectivity index (χ3v) is 6.06. The van der Waals surface area contributed by atoms with Crippen molar-refractivity contribution >= 4 is 34.5 Å². The molecule has 4 aromatic rings. The van der Waals surface area contributed by atoms with E-state index in [4.69, 9.17) is 0 Å². The summed E-state index contributed by atoms with van der Waals surface area (Å²) in [5.74, 6) is -0.258. The van der Waals surface area contributed by atoms with Crippen LogP contribution in [0.15, 0.2) is 71.7 Å². The van der Waals surface area contributed by atoms with E-state index >= 15 is 0 Å². The van der Waals surface area contributed by atoms with Crippen molar-refractivity contribution in [3.63, 3.8) is 0 Å². The van der Waals surface area contributed by atoms with Crippen LogP contribution < -0.4 is 10.6 Å². The molecule has 0 bridgehead atoms. The average molecular weight is 435 g/mol. The summed E-state index contributed by atoms with van der Waals surface area (Å²) in [4.78, 5) is 33.7. The molecule has 0 unspecified atom stereocenters. The lowest BCUT2D eigenvalue weighted by atomic mass is 10.1. The van der Waals surface area contributed by atoms with Crippen LogP contribution in [0.3, 0.4) is 0 Å². The predicted molar refractivity (Wildman–Crippen MR) is 118 cm³/mol. The van der Waals surface area contributed by atoms with Crippen LogP contribution in [0.25, 0.3) is 11.3 Å². The van der Waals surface area contributed by atoms with Gasteiger partial charge in [0.15, 0.2) is 0 Å². The maximum absolute atomic E-state index is 12.4. The summed E-state index contributed by atoms with van der Waals surface area (Å²) in [6.07, 6.45) is 3.46. The van der Waals surface area contributed by atoms with Gasteiger partial charge in [0.05, 0.1) is 17.1 Å². The number of hydrogen-bond donors (Lipinski definition) is 2. The predicted octanol–water partition coefficient (Wildman–Crippen LogP) is 4.13. The number of aromatic nitrogens is 2. The number of pyridine rings is 1. The van der Waals surface area contributed by atoms with E-state index in [1.165, 1.54) is 22.7 Å². The molecule has 3 aromatic heterocycles. The van der Waals surface area contributed by atoms with Crippen LogP contribution in [0.4, 0.5) is 0 Å². The third kappa shape index (κ3) is 4.97. The zero-order valence-electron chi connectivity index (χ0n) is 15.9. The summed E-state index contributed by atoms with van der Waals surface area (Å²) in [6.45, 7) is 0.780. The first kappa shape index (κ1) is 19.9. The number of hydrogen-bond acceptors (Lipinski definition) is 6. The van der Waals surface area contributed by atoms with E-state index in [1.54, 1.807) is 30.6 Å². The summed E-state index contributed by atoms with van der Waals surface area (Å²) in [7, 11) is 0. The van der Waals surface area contributed by atoms with Gasteiger partial charge in [-0.05, 0) is 41.3 Å². The molecule has 0 fully saturated rings. The fraction of sp³-hybridized carbons (Fsp3) is 0.0909. The number of rotatable bonds is 7. The second-order valence-electron chi connectivity index (χ2n) is 6.40. The first-order valence-corrected chi connectivity index (χ1v) is 11.0. The Bertz CT molecular complexity index is 1120. The van der Waals surface area contributed by atoms with E-state index < -0.39 is 0 Å². The van der Waals surface area contributed by atoms with Gasteiger partial charge in [0.1, 0.15) is 5.01 Å². The third-order valence-electron chi connectivity index (χ3n) is 4.34. The lowest BCUT2D eigenvalue weighted by Gasteiger charge is -2.06. The fourth-order valence-corrected chi connectivity index (χ4v) is 4.14. The van der Waals surface area contributed by atoms with Gasteiger partial charge in [-0.25, -0.2) is 4.98 Å². The second-order valence-corrected chi connectivity index (χ2v) is 8.29. The molecular weight excluding hydrogens is 416 g/mol. The van der Waals surface area contributed by atoms with Gasteiger partial charge in [0.2, 0.25) is 0 Å². The molecule has 2 N–H and O–H groups in total. The SMILES string of the molecule is O=C(NCc1nc(-c2ccncc2)cs1)c1ccc(CNC(=O)c2cccs2)cc1. The molecule has 3 heterocycles. The Balaban J connectivity index is 1.29. The van der Waals surface area contributed by atoms with E-state index in [9.17, 15) is 9.59 Å². The van der Waals surface area contributed by atoms with E-state index in [2.05, 4.69) is 20.6 Å². The minimum atomic E-state index is -0.162. The standard InChI is InChI=1S/C22H18N4O2S2/c27-21(25-13-20-26-18(14-30-20)16-7-9-23-10-8-16)17-5-3-15(4-6-17)12-24-22(28)19-2-1-11-29-19/h1-11,14H,12-13H2,(H,24,28)(H,25,27). The molecule has 0 aliphatic carbocycles. The molecule has 0 atom stereocenters. The Hall–Kier alpha value is -3.36. The Morgan fingerprint density at radius 1 is 0.867 bits per heavy atom. The van der Waals surface area contributed by atoms with E-state index in [0.717, 1.165) is 21.8 Å². The van der Waals surface area contributed by atoms with Crippen molar-refractivity contribution in [3.05, 3.63) is 92.7 Å².